The van der Waals surface area contributed by atoms with Gasteiger partial charge in [-0.2, -0.15) is 0 Å². The van der Waals surface area contributed by atoms with Crippen molar-refractivity contribution in [3.8, 4) is 0 Å². The Bertz CT molecular complexity index is 551. The van der Waals surface area contributed by atoms with Crippen molar-refractivity contribution in [2.75, 3.05) is 27.7 Å². The fraction of sp³-hybridized carbons (Fsp3) is 0.846. The quantitative estimate of drug-likeness (QED) is 0.0729. The SMILES string of the molecule is CCCCC/C=C\CCCCC/C=C\CCCCCCCC(O)(C[N+](C)(C)C)P(=O)(O)O. The molecule has 0 aromatic rings. The van der Waals surface area contributed by atoms with Crippen molar-refractivity contribution in [3.63, 3.8) is 0 Å². The topological polar surface area (TPSA) is 77.8 Å². The Morgan fingerprint density at radius 1 is 0.688 bits per heavy atom. The van der Waals surface area contributed by atoms with E-state index in [1.165, 1.54) is 57.8 Å². The summed E-state index contributed by atoms with van der Waals surface area (Å²) in [6, 6.07) is 0. The molecule has 0 amide bonds. The number of aliphatic hydroxyl groups is 1. The van der Waals surface area contributed by atoms with Crippen LogP contribution in [-0.2, 0) is 4.57 Å². The minimum Gasteiger partial charge on any atom is -0.373 e. The number of nitrogens with zero attached hydrogens (tertiary/aromatic N) is 1. The fourth-order valence-corrected chi connectivity index (χ4v) is 5.02. The van der Waals surface area contributed by atoms with Crippen LogP contribution in [0.1, 0.15) is 110 Å². The van der Waals surface area contributed by atoms with Gasteiger partial charge in [-0.15, -0.1) is 0 Å². The van der Waals surface area contributed by atoms with E-state index in [9.17, 15) is 19.5 Å². The molecule has 0 bridgehead atoms. The van der Waals surface area contributed by atoms with Gasteiger partial charge in [0.05, 0.1) is 21.1 Å². The van der Waals surface area contributed by atoms with Crippen LogP contribution in [0.2, 0.25) is 0 Å². The number of quaternary nitrogens is 1. The molecule has 190 valence electrons. The Morgan fingerprint density at radius 2 is 1.06 bits per heavy atom. The Hall–Kier alpha value is -0.450. The van der Waals surface area contributed by atoms with Crippen molar-refractivity contribution in [3.05, 3.63) is 24.3 Å². The van der Waals surface area contributed by atoms with E-state index in [1.807, 2.05) is 21.1 Å². The van der Waals surface area contributed by atoms with Gasteiger partial charge in [0.25, 0.3) is 0 Å². The van der Waals surface area contributed by atoms with Crippen molar-refractivity contribution >= 4 is 7.60 Å². The smallest absolute Gasteiger partial charge is 0.362 e. The molecule has 0 rings (SSSR count). The summed E-state index contributed by atoms with van der Waals surface area (Å²) in [5.74, 6) is 0. The summed E-state index contributed by atoms with van der Waals surface area (Å²) in [7, 11) is 0.955. The molecule has 1 unspecified atom stereocenters. The Labute approximate surface area is 198 Å². The van der Waals surface area contributed by atoms with E-state index in [4.69, 9.17) is 0 Å². The molecule has 1 atom stereocenters. The van der Waals surface area contributed by atoms with Gasteiger partial charge in [-0.25, -0.2) is 0 Å². The highest BCUT2D eigenvalue weighted by atomic mass is 31.2. The van der Waals surface area contributed by atoms with Crippen LogP contribution in [0.4, 0.5) is 0 Å². The molecule has 0 aromatic heterocycles. The molecular formula is C26H53NO4P+. The van der Waals surface area contributed by atoms with Crippen LogP contribution in [0, 0.1) is 0 Å². The van der Waals surface area contributed by atoms with Gasteiger partial charge in [0, 0.05) is 0 Å². The molecule has 6 heteroatoms. The predicted molar refractivity (Wildman–Crippen MR) is 138 cm³/mol. The lowest BCUT2D eigenvalue weighted by Gasteiger charge is -2.35. The number of allylic oxidation sites excluding steroid dienone is 4. The first kappa shape index (κ1) is 31.6. The van der Waals surface area contributed by atoms with Gasteiger partial charge in [0.2, 0.25) is 5.34 Å². The number of likely N-dealkylation sites (N-methyl/N-ethyl adjacent to an activating group) is 1. The van der Waals surface area contributed by atoms with Crippen LogP contribution in [0.5, 0.6) is 0 Å². The van der Waals surface area contributed by atoms with E-state index in [2.05, 4.69) is 31.2 Å². The second kappa shape index (κ2) is 18.0. The lowest BCUT2D eigenvalue weighted by atomic mass is 10.1. The average molecular weight is 475 g/mol. The number of hydrogen-bond donors (Lipinski definition) is 3. The van der Waals surface area contributed by atoms with E-state index in [-0.39, 0.29) is 13.0 Å². The van der Waals surface area contributed by atoms with Crippen LogP contribution in [0.3, 0.4) is 0 Å². The second-order valence-corrected chi connectivity index (χ2v) is 12.3. The van der Waals surface area contributed by atoms with Crippen LogP contribution in [0.15, 0.2) is 24.3 Å². The van der Waals surface area contributed by atoms with Gasteiger partial charge in [-0.05, 0) is 64.2 Å². The maximum Gasteiger partial charge on any atom is 0.362 e. The van der Waals surface area contributed by atoms with E-state index < -0.39 is 12.9 Å². The summed E-state index contributed by atoms with van der Waals surface area (Å²) in [5.41, 5.74) is 0. The molecule has 0 saturated heterocycles. The molecule has 0 fully saturated rings. The van der Waals surface area contributed by atoms with E-state index >= 15 is 0 Å². The highest BCUT2D eigenvalue weighted by Gasteiger charge is 2.48. The zero-order valence-corrected chi connectivity index (χ0v) is 22.4. The average Bonchev–Trinajstić information content (AvgIpc) is 2.67. The zero-order valence-electron chi connectivity index (χ0n) is 21.5. The van der Waals surface area contributed by atoms with Crippen LogP contribution < -0.4 is 0 Å². The molecule has 5 nitrogen and oxygen atoms in total. The van der Waals surface area contributed by atoms with Crippen molar-refractivity contribution in [1.82, 2.24) is 0 Å². The minimum atomic E-state index is -4.55. The number of rotatable bonds is 21. The number of hydrogen-bond acceptors (Lipinski definition) is 2. The van der Waals surface area contributed by atoms with Crippen LogP contribution in [0.25, 0.3) is 0 Å². The number of unbranched alkanes of at least 4 members (excludes halogenated alkanes) is 12. The molecule has 0 aliphatic heterocycles. The maximum absolute atomic E-state index is 11.8. The molecule has 0 aliphatic carbocycles. The molecule has 0 aliphatic rings. The van der Waals surface area contributed by atoms with Crippen LogP contribution in [-0.4, -0.2) is 52.4 Å². The summed E-state index contributed by atoms with van der Waals surface area (Å²) in [5, 5.41) is 8.62. The van der Waals surface area contributed by atoms with Gasteiger partial charge >= 0.3 is 7.60 Å². The van der Waals surface area contributed by atoms with Gasteiger partial charge in [-0.1, -0.05) is 69.8 Å². The maximum atomic E-state index is 11.8. The summed E-state index contributed by atoms with van der Waals surface area (Å²) in [4.78, 5) is 19.2. The summed E-state index contributed by atoms with van der Waals surface area (Å²) < 4.78 is 12.1. The molecule has 0 heterocycles. The summed E-state index contributed by atoms with van der Waals surface area (Å²) in [6.45, 7) is 2.30. The van der Waals surface area contributed by atoms with Crippen molar-refractivity contribution < 1.29 is 23.9 Å². The molecule has 0 saturated carbocycles. The first-order valence-electron chi connectivity index (χ1n) is 12.9. The third kappa shape index (κ3) is 18.0. The largest absolute Gasteiger partial charge is 0.373 e. The third-order valence-electron chi connectivity index (χ3n) is 5.77. The van der Waals surface area contributed by atoms with E-state index in [0.717, 1.165) is 32.1 Å². The first-order valence-corrected chi connectivity index (χ1v) is 14.5. The van der Waals surface area contributed by atoms with Crippen molar-refractivity contribution in [1.29, 1.82) is 0 Å². The minimum absolute atomic E-state index is 0.0534. The molecule has 3 N–H and O–H groups in total. The monoisotopic (exact) mass is 474 g/mol. The lowest BCUT2D eigenvalue weighted by molar-refractivity contribution is -0.875. The normalized spacial score (nSPS) is 15.1. The second-order valence-electron chi connectivity index (χ2n) is 10.4. The van der Waals surface area contributed by atoms with E-state index in [1.54, 1.807) is 0 Å². The first-order chi connectivity index (χ1) is 15.0. The highest BCUT2D eigenvalue weighted by Crippen LogP contribution is 2.52. The van der Waals surface area contributed by atoms with Gasteiger partial charge in [0.1, 0.15) is 6.54 Å². The van der Waals surface area contributed by atoms with Gasteiger partial charge < -0.3 is 19.4 Å². The summed E-state index contributed by atoms with van der Waals surface area (Å²) >= 11 is 0. The standard InChI is InChI=1S/C26H52NO4P/c1-5-6-7-8-9-10-11-12-13-14-15-16-17-18-19-20-21-22-23-24-26(28,32(29,30)31)25-27(2,3)4/h9-10,16-17,28H,5-8,11-15,18-25H2,1-4H3,(H-,29,30,31)/p+1/b10-9-,17-16-. The van der Waals surface area contributed by atoms with Gasteiger partial charge in [-0.3, -0.25) is 4.57 Å². The molecule has 0 aromatic carbocycles. The van der Waals surface area contributed by atoms with Gasteiger partial charge in [0.15, 0.2) is 0 Å². The molecular weight excluding hydrogens is 421 g/mol. The summed E-state index contributed by atoms with van der Waals surface area (Å²) in [6.07, 6.45) is 26.9. The zero-order chi connectivity index (χ0) is 24.3. The molecule has 0 radical (unpaired) electrons. The molecule has 32 heavy (non-hydrogen) atoms. The highest BCUT2D eigenvalue weighted by molar-refractivity contribution is 7.53. The Morgan fingerprint density at radius 3 is 1.47 bits per heavy atom. The Kier molecular flexibility index (Phi) is 17.7. The lowest BCUT2D eigenvalue weighted by Crippen LogP contribution is -2.49. The van der Waals surface area contributed by atoms with Crippen LogP contribution >= 0.6 is 7.60 Å². The van der Waals surface area contributed by atoms with Crippen molar-refractivity contribution in [2.24, 2.45) is 0 Å². The van der Waals surface area contributed by atoms with E-state index in [0.29, 0.717) is 10.9 Å². The Balaban J connectivity index is 3.67. The van der Waals surface area contributed by atoms with Crippen molar-refractivity contribution in [2.45, 2.75) is 115 Å². The third-order valence-corrected chi connectivity index (χ3v) is 7.22. The molecule has 0 spiro atoms. The predicted octanol–water partition coefficient (Wildman–Crippen LogP) is 6.93. The fourth-order valence-electron chi connectivity index (χ4n) is 3.96.